The van der Waals surface area contributed by atoms with E-state index in [2.05, 4.69) is 15.5 Å². The number of piperidine rings is 1. The number of halogens is 3. The molecule has 8 heteroatoms. The summed E-state index contributed by atoms with van der Waals surface area (Å²) < 4.78 is 6.51. The Morgan fingerprint density at radius 3 is 2.48 bits per heavy atom. The van der Waals surface area contributed by atoms with Crippen LogP contribution in [0.2, 0.25) is 15.1 Å². The van der Waals surface area contributed by atoms with E-state index < -0.39 is 0 Å². The first kappa shape index (κ1) is 22.5. The quantitative estimate of drug-likeness (QED) is 0.609. The van der Waals surface area contributed by atoms with Gasteiger partial charge in [-0.25, -0.2) is 0 Å². The number of carbonyl (C=O) groups excluding carboxylic acids is 1. The van der Waals surface area contributed by atoms with Gasteiger partial charge < -0.3 is 20.3 Å². The van der Waals surface area contributed by atoms with Crippen LogP contribution in [0.4, 0.5) is 5.69 Å². The predicted molar refractivity (Wildman–Crippen MR) is 127 cm³/mol. The lowest BCUT2D eigenvalue weighted by atomic mass is 9.83. The Kier molecular flexibility index (Phi) is 6.87. The molecular formula is C23H26Cl3N3O2. The molecule has 5 nitrogen and oxygen atoms in total. The molecule has 0 saturated carbocycles. The molecule has 2 N–H and O–H groups in total. The van der Waals surface area contributed by atoms with Crippen LogP contribution in [0.1, 0.15) is 35.2 Å². The van der Waals surface area contributed by atoms with Gasteiger partial charge in [-0.15, -0.1) is 0 Å². The van der Waals surface area contributed by atoms with Crippen molar-refractivity contribution < 1.29 is 9.53 Å². The Balaban J connectivity index is 1.29. The molecule has 2 aromatic rings. The first-order chi connectivity index (χ1) is 14.9. The standard InChI is InChI=1S/C23H26Cl3N3O2/c1-27-19-14-20-15(13-18(19)26)5-6-23(31-20)7-10-29(11-8-23)12-9-28-22(30)21-16(24)3-2-4-17(21)25/h2-4,13-14,27H,5-12H2,1H3,(H,28,30). The molecule has 0 unspecified atom stereocenters. The highest BCUT2D eigenvalue weighted by atomic mass is 35.5. The van der Waals surface area contributed by atoms with Crippen LogP contribution in [-0.4, -0.2) is 49.6 Å². The molecule has 31 heavy (non-hydrogen) atoms. The Bertz CT molecular complexity index is 955. The van der Waals surface area contributed by atoms with Crippen molar-refractivity contribution in [2.45, 2.75) is 31.3 Å². The molecule has 0 radical (unpaired) electrons. The lowest BCUT2D eigenvalue weighted by Gasteiger charge is -2.44. The number of ether oxygens (including phenoxy) is 1. The molecule has 2 aliphatic rings. The van der Waals surface area contributed by atoms with E-state index in [1.165, 1.54) is 5.56 Å². The van der Waals surface area contributed by atoms with Crippen molar-refractivity contribution in [1.29, 1.82) is 0 Å². The number of nitrogens with zero attached hydrogens (tertiary/aromatic N) is 1. The maximum atomic E-state index is 12.4. The van der Waals surface area contributed by atoms with Crippen LogP contribution in [0.3, 0.4) is 0 Å². The van der Waals surface area contributed by atoms with Gasteiger partial charge in [0.25, 0.3) is 5.91 Å². The number of aryl methyl sites for hydroxylation is 1. The summed E-state index contributed by atoms with van der Waals surface area (Å²) in [5, 5.41) is 7.51. The highest BCUT2D eigenvalue weighted by Gasteiger charge is 2.39. The van der Waals surface area contributed by atoms with E-state index in [9.17, 15) is 4.79 Å². The summed E-state index contributed by atoms with van der Waals surface area (Å²) in [5.41, 5.74) is 2.29. The molecule has 1 saturated heterocycles. The number of likely N-dealkylation sites (tertiary alicyclic amines) is 1. The van der Waals surface area contributed by atoms with E-state index in [0.29, 0.717) is 22.2 Å². The third-order valence-electron chi connectivity index (χ3n) is 6.27. The molecule has 0 aliphatic carbocycles. The van der Waals surface area contributed by atoms with E-state index in [-0.39, 0.29) is 11.5 Å². The van der Waals surface area contributed by atoms with Crippen molar-refractivity contribution in [2.24, 2.45) is 0 Å². The van der Waals surface area contributed by atoms with E-state index >= 15 is 0 Å². The van der Waals surface area contributed by atoms with Gasteiger partial charge in [0, 0.05) is 39.3 Å². The third-order valence-corrected chi connectivity index (χ3v) is 7.21. The van der Waals surface area contributed by atoms with Gasteiger partial charge in [-0.05, 0) is 49.4 Å². The van der Waals surface area contributed by atoms with Crippen molar-refractivity contribution in [3.63, 3.8) is 0 Å². The minimum atomic E-state index is -0.240. The fourth-order valence-electron chi connectivity index (χ4n) is 4.39. The minimum absolute atomic E-state index is 0.114. The summed E-state index contributed by atoms with van der Waals surface area (Å²) in [6.45, 7) is 3.19. The maximum absolute atomic E-state index is 12.4. The SMILES string of the molecule is CNc1cc2c(cc1Cl)CCC1(CCN(CCNC(=O)c3c(Cl)cccc3Cl)CC1)O2. The molecule has 2 aromatic carbocycles. The number of rotatable bonds is 5. The summed E-state index contributed by atoms with van der Waals surface area (Å²) in [5.74, 6) is 0.702. The molecule has 166 valence electrons. The summed E-state index contributed by atoms with van der Waals surface area (Å²) in [6, 6.07) is 9.09. The second-order valence-corrected chi connectivity index (χ2v) is 9.39. The number of nitrogens with one attached hydrogen (secondary N) is 2. The van der Waals surface area contributed by atoms with Gasteiger partial charge in [0.1, 0.15) is 11.4 Å². The van der Waals surface area contributed by atoms with Crippen molar-refractivity contribution >= 4 is 46.4 Å². The van der Waals surface area contributed by atoms with E-state index in [1.54, 1.807) is 18.2 Å². The van der Waals surface area contributed by atoms with Crippen LogP contribution >= 0.6 is 34.8 Å². The third kappa shape index (κ3) is 4.90. The number of anilines is 1. The highest BCUT2D eigenvalue weighted by Crippen LogP contribution is 2.42. The predicted octanol–water partition coefficient (Wildman–Crippen LogP) is 5.28. The fourth-order valence-corrected chi connectivity index (χ4v) is 5.24. The smallest absolute Gasteiger partial charge is 0.254 e. The molecule has 4 rings (SSSR count). The van der Waals surface area contributed by atoms with Gasteiger partial charge >= 0.3 is 0 Å². The average molecular weight is 483 g/mol. The number of amides is 1. The lowest BCUT2D eigenvalue weighted by molar-refractivity contribution is -0.0140. The molecule has 2 aliphatic heterocycles. The summed E-state index contributed by atoms with van der Waals surface area (Å²) in [6.07, 6.45) is 3.92. The monoisotopic (exact) mass is 481 g/mol. The Hall–Kier alpha value is -1.66. The molecule has 0 aromatic heterocycles. The zero-order valence-corrected chi connectivity index (χ0v) is 19.7. The molecule has 2 heterocycles. The van der Waals surface area contributed by atoms with E-state index in [1.807, 2.05) is 19.2 Å². The molecular weight excluding hydrogens is 457 g/mol. The van der Waals surface area contributed by atoms with Crippen LogP contribution in [-0.2, 0) is 6.42 Å². The molecule has 1 spiro atoms. The number of fused-ring (bicyclic) bond motifs is 1. The number of benzene rings is 2. The second kappa shape index (κ2) is 9.45. The Morgan fingerprint density at radius 2 is 1.81 bits per heavy atom. The van der Waals surface area contributed by atoms with Crippen LogP contribution in [0.5, 0.6) is 5.75 Å². The van der Waals surface area contributed by atoms with Crippen LogP contribution < -0.4 is 15.4 Å². The van der Waals surface area contributed by atoms with Gasteiger partial charge in [-0.1, -0.05) is 40.9 Å². The zero-order valence-electron chi connectivity index (χ0n) is 17.4. The summed E-state index contributed by atoms with van der Waals surface area (Å²) in [7, 11) is 1.86. The normalized spacial score (nSPS) is 17.7. The average Bonchev–Trinajstić information content (AvgIpc) is 2.75. The van der Waals surface area contributed by atoms with Gasteiger partial charge in [0.2, 0.25) is 0 Å². The maximum Gasteiger partial charge on any atom is 0.254 e. The fraction of sp³-hybridized carbons (Fsp3) is 0.435. The van der Waals surface area contributed by atoms with Gasteiger partial charge in [-0.2, -0.15) is 0 Å². The zero-order chi connectivity index (χ0) is 22.0. The summed E-state index contributed by atoms with van der Waals surface area (Å²) in [4.78, 5) is 14.8. The largest absolute Gasteiger partial charge is 0.487 e. The highest BCUT2D eigenvalue weighted by molar-refractivity contribution is 6.39. The van der Waals surface area contributed by atoms with Gasteiger partial charge in [0.05, 0.1) is 26.3 Å². The summed E-state index contributed by atoms with van der Waals surface area (Å²) >= 11 is 18.6. The molecule has 0 bridgehead atoms. The molecule has 0 atom stereocenters. The first-order valence-corrected chi connectivity index (χ1v) is 11.7. The van der Waals surface area contributed by atoms with E-state index in [0.717, 1.165) is 61.8 Å². The Labute approximate surface area is 198 Å². The van der Waals surface area contributed by atoms with Crippen molar-refractivity contribution in [3.05, 3.63) is 56.5 Å². The lowest BCUT2D eigenvalue weighted by Crippen LogP contribution is -2.50. The van der Waals surface area contributed by atoms with E-state index in [4.69, 9.17) is 39.5 Å². The van der Waals surface area contributed by atoms with Crippen LogP contribution in [0.15, 0.2) is 30.3 Å². The van der Waals surface area contributed by atoms with Gasteiger partial charge in [0.15, 0.2) is 0 Å². The number of hydrogen-bond acceptors (Lipinski definition) is 4. The molecule has 1 fully saturated rings. The second-order valence-electron chi connectivity index (χ2n) is 8.17. The number of carbonyl (C=O) groups is 1. The Morgan fingerprint density at radius 1 is 1.10 bits per heavy atom. The minimum Gasteiger partial charge on any atom is -0.487 e. The molecule has 1 amide bonds. The van der Waals surface area contributed by atoms with Crippen molar-refractivity contribution in [2.75, 3.05) is 38.5 Å². The van der Waals surface area contributed by atoms with Crippen LogP contribution in [0, 0.1) is 0 Å². The van der Waals surface area contributed by atoms with Crippen molar-refractivity contribution in [1.82, 2.24) is 10.2 Å². The van der Waals surface area contributed by atoms with Gasteiger partial charge in [-0.3, -0.25) is 4.79 Å². The number of hydrogen-bond donors (Lipinski definition) is 2. The van der Waals surface area contributed by atoms with Crippen molar-refractivity contribution in [3.8, 4) is 5.75 Å². The first-order valence-electron chi connectivity index (χ1n) is 10.5. The topological polar surface area (TPSA) is 53.6 Å². The van der Waals surface area contributed by atoms with Crippen LogP contribution in [0.25, 0.3) is 0 Å².